The number of aromatic nitrogens is 1. The number of amides is 1. The van der Waals surface area contributed by atoms with Gasteiger partial charge in [0.1, 0.15) is 5.76 Å². The lowest BCUT2D eigenvalue weighted by Gasteiger charge is -2.22. The van der Waals surface area contributed by atoms with E-state index in [0.717, 1.165) is 26.9 Å². The molecule has 0 fully saturated rings. The Morgan fingerprint density at radius 1 is 1.04 bits per heavy atom. The van der Waals surface area contributed by atoms with Crippen molar-refractivity contribution in [2.24, 2.45) is 0 Å². The van der Waals surface area contributed by atoms with Crippen LogP contribution in [0.15, 0.2) is 63.6 Å². The Morgan fingerprint density at radius 3 is 2.23 bits per heavy atom. The average Bonchev–Trinajstić information content (AvgIpc) is 2.99. The molecule has 0 aliphatic heterocycles. The summed E-state index contributed by atoms with van der Waals surface area (Å²) in [6.45, 7) is 5.58. The maximum atomic E-state index is 13.0. The summed E-state index contributed by atoms with van der Waals surface area (Å²) < 4.78 is 6.22. The first-order chi connectivity index (χ1) is 12.5. The molecule has 4 nitrogen and oxygen atoms in total. The van der Waals surface area contributed by atoms with Crippen LogP contribution >= 0.6 is 15.9 Å². The van der Waals surface area contributed by atoms with Crippen molar-refractivity contribution in [3.63, 3.8) is 0 Å². The van der Waals surface area contributed by atoms with E-state index in [9.17, 15) is 4.79 Å². The van der Waals surface area contributed by atoms with Gasteiger partial charge in [-0.15, -0.1) is 0 Å². The number of carbonyl (C=O) groups is 1. The topological polar surface area (TPSA) is 55.1 Å². The van der Waals surface area contributed by atoms with E-state index in [1.807, 2.05) is 75.4 Å². The minimum atomic E-state index is -0.345. The van der Waals surface area contributed by atoms with Gasteiger partial charge in [-0.1, -0.05) is 63.6 Å². The van der Waals surface area contributed by atoms with E-state index in [1.165, 1.54) is 0 Å². The fourth-order valence-electron chi connectivity index (χ4n) is 3.17. The molecule has 0 radical (unpaired) electrons. The highest BCUT2D eigenvalue weighted by molar-refractivity contribution is 9.10. The quantitative estimate of drug-likeness (QED) is 0.636. The number of nitrogens with zero attached hydrogens (tertiary/aromatic N) is 1. The summed E-state index contributed by atoms with van der Waals surface area (Å²) in [6.07, 6.45) is 0. The third kappa shape index (κ3) is 3.88. The molecule has 0 unspecified atom stereocenters. The molecular formula is C21H21BrN2O2. The Labute approximate surface area is 161 Å². The highest BCUT2D eigenvalue weighted by Gasteiger charge is 2.26. The fourth-order valence-corrected chi connectivity index (χ4v) is 3.43. The van der Waals surface area contributed by atoms with Crippen LogP contribution in [0.3, 0.4) is 0 Å². The monoisotopic (exact) mass is 412 g/mol. The molecule has 2 aromatic carbocycles. The molecule has 1 N–H and O–H groups in total. The Bertz CT molecular complexity index is 869. The molecule has 2 atom stereocenters. The van der Waals surface area contributed by atoms with Gasteiger partial charge in [-0.05, 0) is 44.0 Å². The number of hydrogen-bond acceptors (Lipinski definition) is 3. The second-order valence-corrected chi connectivity index (χ2v) is 7.28. The van der Waals surface area contributed by atoms with E-state index in [-0.39, 0.29) is 17.9 Å². The van der Waals surface area contributed by atoms with Crippen molar-refractivity contribution < 1.29 is 9.32 Å². The van der Waals surface area contributed by atoms with Crippen molar-refractivity contribution in [1.82, 2.24) is 10.5 Å². The first-order valence-electron chi connectivity index (χ1n) is 8.51. The van der Waals surface area contributed by atoms with Crippen molar-refractivity contribution in [3.8, 4) is 0 Å². The van der Waals surface area contributed by atoms with Gasteiger partial charge in [0.05, 0.1) is 17.7 Å². The smallest absolute Gasteiger partial charge is 0.228 e. The van der Waals surface area contributed by atoms with Crippen LogP contribution in [-0.4, -0.2) is 11.1 Å². The molecule has 3 rings (SSSR count). The van der Waals surface area contributed by atoms with E-state index in [2.05, 4.69) is 26.4 Å². The predicted octanol–water partition coefficient (Wildman–Crippen LogP) is 5.06. The molecule has 1 aromatic heterocycles. The van der Waals surface area contributed by atoms with Crippen molar-refractivity contribution in [3.05, 3.63) is 87.2 Å². The van der Waals surface area contributed by atoms with E-state index >= 15 is 0 Å². The Hall–Kier alpha value is -2.40. The Balaban J connectivity index is 1.90. The molecule has 0 aliphatic carbocycles. The van der Waals surface area contributed by atoms with Crippen LogP contribution in [0.4, 0.5) is 0 Å². The predicted molar refractivity (Wildman–Crippen MR) is 105 cm³/mol. The Morgan fingerprint density at radius 2 is 1.65 bits per heavy atom. The summed E-state index contributed by atoms with van der Waals surface area (Å²) in [5.74, 6) is 0.282. The molecule has 0 bridgehead atoms. The third-order valence-electron chi connectivity index (χ3n) is 4.54. The number of carbonyl (C=O) groups excluding carboxylic acids is 1. The zero-order chi connectivity index (χ0) is 18.7. The lowest BCUT2D eigenvalue weighted by Crippen LogP contribution is -2.33. The van der Waals surface area contributed by atoms with Gasteiger partial charge in [-0.2, -0.15) is 0 Å². The second-order valence-electron chi connectivity index (χ2n) is 6.36. The van der Waals surface area contributed by atoms with E-state index in [0.29, 0.717) is 5.76 Å². The number of benzene rings is 2. The summed E-state index contributed by atoms with van der Waals surface area (Å²) in [7, 11) is 0. The van der Waals surface area contributed by atoms with Crippen LogP contribution in [0.5, 0.6) is 0 Å². The molecule has 3 aromatic rings. The molecule has 5 heteroatoms. The summed E-state index contributed by atoms with van der Waals surface area (Å²) in [5, 5.41) is 7.15. The van der Waals surface area contributed by atoms with Gasteiger partial charge < -0.3 is 9.84 Å². The highest BCUT2D eigenvalue weighted by atomic mass is 79.9. The summed E-state index contributed by atoms with van der Waals surface area (Å²) in [6, 6.07) is 17.7. The second kappa shape index (κ2) is 7.87. The molecule has 1 heterocycles. The SMILES string of the molecule is Cc1noc(C)c1[C@@H](C)C(=O)N[C@@H](c1ccccc1)c1ccc(Br)cc1. The van der Waals surface area contributed by atoms with Crippen molar-refractivity contribution >= 4 is 21.8 Å². The van der Waals surface area contributed by atoms with E-state index in [4.69, 9.17) is 4.52 Å². The van der Waals surface area contributed by atoms with Gasteiger partial charge in [-0.3, -0.25) is 4.79 Å². The van der Waals surface area contributed by atoms with Gasteiger partial charge in [0, 0.05) is 10.0 Å². The van der Waals surface area contributed by atoms with Crippen LogP contribution in [-0.2, 0) is 4.79 Å². The van der Waals surface area contributed by atoms with Crippen LogP contribution in [0.1, 0.15) is 47.0 Å². The van der Waals surface area contributed by atoms with Gasteiger partial charge in [-0.25, -0.2) is 0 Å². The zero-order valence-corrected chi connectivity index (χ0v) is 16.6. The van der Waals surface area contributed by atoms with Crippen molar-refractivity contribution in [2.75, 3.05) is 0 Å². The number of halogens is 1. The third-order valence-corrected chi connectivity index (χ3v) is 5.07. The first-order valence-corrected chi connectivity index (χ1v) is 9.30. The molecule has 0 saturated carbocycles. The van der Waals surface area contributed by atoms with Crippen molar-refractivity contribution in [1.29, 1.82) is 0 Å². The molecule has 1 amide bonds. The molecule has 0 aliphatic rings. The van der Waals surface area contributed by atoms with Crippen LogP contribution in [0, 0.1) is 13.8 Å². The molecule has 0 saturated heterocycles. The number of hydrogen-bond donors (Lipinski definition) is 1. The fraction of sp³-hybridized carbons (Fsp3) is 0.238. The lowest BCUT2D eigenvalue weighted by molar-refractivity contribution is -0.122. The summed E-state index contributed by atoms with van der Waals surface area (Å²) in [5.41, 5.74) is 3.67. The first kappa shape index (κ1) is 18.4. The van der Waals surface area contributed by atoms with Crippen LogP contribution < -0.4 is 5.32 Å². The minimum Gasteiger partial charge on any atom is -0.361 e. The number of rotatable bonds is 5. The van der Waals surface area contributed by atoms with Gasteiger partial charge >= 0.3 is 0 Å². The normalized spacial score (nSPS) is 13.2. The largest absolute Gasteiger partial charge is 0.361 e. The van der Waals surface area contributed by atoms with E-state index < -0.39 is 0 Å². The number of aryl methyl sites for hydroxylation is 2. The standard InChI is InChI=1S/C21H21BrN2O2/c1-13(19-14(2)24-26-15(19)3)21(25)23-20(16-7-5-4-6-8-16)17-9-11-18(22)12-10-17/h4-13,20H,1-3H3,(H,23,25)/t13-,20+/m1/s1. The molecule has 134 valence electrons. The summed E-state index contributed by atoms with van der Waals surface area (Å²) >= 11 is 3.46. The highest BCUT2D eigenvalue weighted by Crippen LogP contribution is 2.27. The zero-order valence-electron chi connectivity index (χ0n) is 15.0. The summed E-state index contributed by atoms with van der Waals surface area (Å²) in [4.78, 5) is 13.0. The molecule has 0 spiro atoms. The van der Waals surface area contributed by atoms with E-state index in [1.54, 1.807) is 0 Å². The maximum Gasteiger partial charge on any atom is 0.228 e. The molecule has 26 heavy (non-hydrogen) atoms. The van der Waals surface area contributed by atoms with Gasteiger partial charge in [0.25, 0.3) is 0 Å². The van der Waals surface area contributed by atoms with Gasteiger partial charge in [0.2, 0.25) is 5.91 Å². The maximum absolute atomic E-state index is 13.0. The average molecular weight is 413 g/mol. The lowest BCUT2D eigenvalue weighted by atomic mass is 9.95. The van der Waals surface area contributed by atoms with Crippen molar-refractivity contribution in [2.45, 2.75) is 32.7 Å². The molecular weight excluding hydrogens is 392 g/mol. The minimum absolute atomic E-state index is 0.0591. The Kier molecular flexibility index (Phi) is 5.57. The number of nitrogens with one attached hydrogen (secondary N) is 1. The van der Waals surface area contributed by atoms with Crippen LogP contribution in [0.2, 0.25) is 0 Å². The van der Waals surface area contributed by atoms with Gasteiger partial charge in [0.15, 0.2) is 0 Å². The van der Waals surface area contributed by atoms with Crippen LogP contribution in [0.25, 0.3) is 0 Å².